The number of hydrogen-bond acceptors (Lipinski definition) is 6. The fourth-order valence-corrected chi connectivity index (χ4v) is 5.01. The molecule has 1 aliphatic rings. The number of nitrogens with one attached hydrogen (secondary N) is 2. The minimum absolute atomic E-state index is 0.0925. The fraction of sp³-hybridized carbons (Fsp3) is 0.148. The van der Waals surface area contributed by atoms with Crippen molar-refractivity contribution in [2.75, 3.05) is 12.5 Å². The van der Waals surface area contributed by atoms with Crippen LogP contribution in [0.2, 0.25) is 0 Å². The first-order valence-corrected chi connectivity index (χ1v) is 12.5. The zero-order chi connectivity index (χ0) is 24.5. The number of nitrogens with zero attached hydrogens (tertiary/aromatic N) is 3. The minimum Gasteiger partial charge on any atom is -0.454 e. The summed E-state index contributed by atoms with van der Waals surface area (Å²) in [5, 5.41) is 13.7. The molecule has 0 saturated carbocycles. The van der Waals surface area contributed by atoms with E-state index in [1.807, 2.05) is 59.3 Å². The highest BCUT2D eigenvalue weighted by molar-refractivity contribution is 7.99. The van der Waals surface area contributed by atoms with Gasteiger partial charge in [0.05, 0.1) is 5.75 Å². The van der Waals surface area contributed by atoms with E-state index in [4.69, 9.17) is 9.47 Å². The minimum atomic E-state index is -0.0925. The Balaban J connectivity index is 1.23. The van der Waals surface area contributed by atoms with Gasteiger partial charge in [-0.05, 0) is 48.4 Å². The predicted molar refractivity (Wildman–Crippen MR) is 139 cm³/mol. The molecule has 5 aromatic rings. The Hall–Kier alpha value is -4.24. The van der Waals surface area contributed by atoms with Gasteiger partial charge in [-0.15, -0.1) is 10.2 Å². The van der Waals surface area contributed by atoms with Gasteiger partial charge >= 0.3 is 0 Å². The SMILES string of the molecule is Cc1cccc(-n2c(SCC(=O)NCc3ccc4c(c3)OCO4)nnc2-c2c[nH]c3ccccc23)c1. The summed E-state index contributed by atoms with van der Waals surface area (Å²) in [5.41, 5.74) is 5.01. The molecular formula is C27H23N5O3S. The van der Waals surface area contributed by atoms with E-state index in [9.17, 15) is 4.79 Å². The predicted octanol–water partition coefficient (Wildman–Crippen LogP) is 4.86. The molecule has 9 heteroatoms. The van der Waals surface area contributed by atoms with E-state index in [-0.39, 0.29) is 18.5 Å². The average molecular weight is 498 g/mol. The highest BCUT2D eigenvalue weighted by Gasteiger charge is 2.20. The van der Waals surface area contributed by atoms with Crippen LogP contribution < -0.4 is 14.8 Å². The normalized spacial score (nSPS) is 12.2. The number of ether oxygens (including phenoxy) is 2. The number of hydrogen-bond donors (Lipinski definition) is 2. The number of aromatic nitrogens is 4. The number of H-pyrrole nitrogens is 1. The first-order valence-electron chi connectivity index (χ1n) is 11.5. The van der Waals surface area contributed by atoms with E-state index in [1.165, 1.54) is 11.8 Å². The summed E-state index contributed by atoms with van der Waals surface area (Å²) in [6.45, 7) is 2.68. The Morgan fingerprint density at radius 1 is 1.06 bits per heavy atom. The third kappa shape index (κ3) is 4.29. The number of thioether (sulfide) groups is 1. The number of carbonyl (C=O) groups is 1. The lowest BCUT2D eigenvalue weighted by Gasteiger charge is -2.11. The van der Waals surface area contributed by atoms with E-state index in [0.717, 1.165) is 44.9 Å². The maximum atomic E-state index is 12.7. The van der Waals surface area contributed by atoms with E-state index in [0.29, 0.717) is 17.5 Å². The van der Waals surface area contributed by atoms with E-state index < -0.39 is 0 Å². The van der Waals surface area contributed by atoms with E-state index in [2.05, 4.69) is 45.6 Å². The van der Waals surface area contributed by atoms with Crippen LogP contribution in [0.25, 0.3) is 28.0 Å². The van der Waals surface area contributed by atoms with Crippen molar-refractivity contribution in [1.82, 2.24) is 25.1 Å². The van der Waals surface area contributed by atoms with Gasteiger partial charge in [0.15, 0.2) is 22.5 Å². The Labute approximate surface area is 211 Å². The van der Waals surface area contributed by atoms with Crippen LogP contribution in [0.1, 0.15) is 11.1 Å². The summed E-state index contributed by atoms with van der Waals surface area (Å²) >= 11 is 1.36. The molecule has 0 unspecified atom stereocenters. The first kappa shape index (κ1) is 22.2. The highest BCUT2D eigenvalue weighted by Crippen LogP contribution is 2.33. The quantitative estimate of drug-likeness (QED) is 0.312. The molecule has 36 heavy (non-hydrogen) atoms. The van der Waals surface area contributed by atoms with Crippen molar-refractivity contribution in [2.45, 2.75) is 18.6 Å². The van der Waals surface area contributed by atoms with Gasteiger partial charge in [-0.3, -0.25) is 9.36 Å². The smallest absolute Gasteiger partial charge is 0.231 e. The molecule has 1 aliphatic heterocycles. The van der Waals surface area contributed by atoms with Gasteiger partial charge in [-0.25, -0.2) is 0 Å². The van der Waals surface area contributed by atoms with Crippen LogP contribution in [0.15, 0.2) is 78.1 Å². The fourth-order valence-electron chi connectivity index (χ4n) is 4.23. The number of carbonyl (C=O) groups excluding carboxylic acids is 1. The van der Waals surface area contributed by atoms with Crippen LogP contribution in [0.5, 0.6) is 11.5 Å². The van der Waals surface area contributed by atoms with Gasteiger partial charge in [0.1, 0.15) is 0 Å². The van der Waals surface area contributed by atoms with Crippen molar-refractivity contribution in [1.29, 1.82) is 0 Å². The van der Waals surface area contributed by atoms with Crippen molar-refractivity contribution in [2.24, 2.45) is 0 Å². The van der Waals surface area contributed by atoms with Crippen LogP contribution in [0.3, 0.4) is 0 Å². The topological polar surface area (TPSA) is 94.1 Å². The third-order valence-corrected chi connectivity index (χ3v) is 6.91. The Kier molecular flexibility index (Phi) is 5.82. The summed E-state index contributed by atoms with van der Waals surface area (Å²) in [5.74, 6) is 2.27. The Bertz CT molecular complexity index is 1570. The molecule has 180 valence electrons. The zero-order valence-electron chi connectivity index (χ0n) is 19.5. The lowest BCUT2D eigenvalue weighted by atomic mass is 10.1. The van der Waals surface area contributed by atoms with Crippen molar-refractivity contribution in [3.05, 3.63) is 84.1 Å². The van der Waals surface area contributed by atoms with Gasteiger partial charge in [0.25, 0.3) is 0 Å². The summed E-state index contributed by atoms with van der Waals surface area (Å²) in [6.07, 6.45) is 1.95. The maximum absolute atomic E-state index is 12.7. The van der Waals surface area contributed by atoms with Crippen molar-refractivity contribution < 1.29 is 14.3 Å². The second-order valence-corrected chi connectivity index (χ2v) is 9.42. The number of para-hydroxylation sites is 1. The Morgan fingerprint density at radius 3 is 2.86 bits per heavy atom. The van der Waals surface area contributed by atoms with Gasteiger partial charge in [-0.1, -0.05) is 48.2 Å². The molecule has 1 amide bonds. The molecule has 6 rings (SSSR count). The maximum Gasteiger partial charge on any atom is 0.231 e. The first-order chi connectivity index (χ1) is 17.7. The highest BCUT2D eigenvalue weighted by atomic mass is 32.2. The van der Waals surface area contributed by atoms with Gasteiger partial charge < -0.3 is 19.8 Å². The molecule has 0 aliphatic carbocycles. The molecule has 8 nitrogen and oxygen atoms in total. The second-order valence-electron chi connectivity index (χ2n) is 8.48. The number of amides is 1. The molecular weight excluding hydrogens is 474 g/mol. The number of aryl methyl sites for hydroxylation is 1. The molecule has 2 N–H and O–H groups in total. The molecule has 3 heterocycles. The summed E-state index contributed by atoms with van der Waals surface area (Å²) in [7, 11) is 0. The lowest BCUT2D eigenvalue weighted by molar-refractivity contribution is -0.118. The van der Waals surface area contributed by atoms with Crippen molar-refractivity contribution >= 4 is 28.6 Å². The molecule has 3 aromatic carbocycles. The summed E-state index contributed by atoms with van der Waals surface area (Å²) < 4.78 is 12.8. The monoisotopic (exact) mass is 497 g/mol. The van der Waals surface area contributed by atoms with Crippen LogP contribution >= 0.6 is 11.8 Å². The number of rotatable bonds is 7. The molecule has 0 atom stereocenters. The van der Waals surface area contributed by atoms with Gasteiger partial charge in [0, 0.05) is 34.9 Å². The van der Waals surface area contributed by atoms with Crippen LogP contribution in [-0.4, -0.2) is 38.2 Å². The van der Waals surface area contributed by atoms with E-state index in [1.54, 1.807) is 0 Å². The molecule has 0 saturated heterocycles. The second kappa shape index (κ2) is 9.43. The van der Waals surface area contributed by atoms with Crippen molar-refractivity contribution in [3.8, 4) is 28.6 Å². The molecule has 0 radical (unpaired) electrons. The van der Waals surface area contributed by atoms with Crippen LogP contribution in [0.4, 0.5) is 0 Å². The zero-order valence-corrected chi connectivity index (χ0v) is 20.3. The third-order valence-electron chi connectivity index (χ3n) is 5.98. The van der Waals surface area contributed by atoms with Gasteiger partial charge in [-0.2, -0.15) is 0 Å². The lowest BCUT2D eigenvalue weighted by Crippen LogP contribution is -2.24. The summed E-state index contributed by atoms with van der Waals surface area (Å²) in [4.78, 5) is 16.0. The van der Waals surface area contributed by atoms with E-state index >= 15 is 0 Å². The average Bonchev–Trinajstić information content (AvgIpc) is 3.63. The Morgan fingerprint density at radius 2 is 1.94 bits per heavy atom. The van der Waals surface area contributed by atoms with Crippen LogP contribution in [0, 0.1) is 6.92 Å². The molecule has 2 aromatic heterocycles. The van der Waals surface area contributed by atoms with Gasteiger partial charge in [0.2, 0.25) is 12.7 Å². The van der Waals surface area contributed by atoms with Crippen LogP contribution in [-0.2, 0) is 11.3 Å². The summed E-state index contributed by atoms with van der Waals surface area (Å²) in [6, 6.07) is 21.9. The number of aromatic amines is 1. The van der Waals surface area contributed by atoms with Crippen molar-refractivity contribution in [3.63, 3.8) is 0 Å². The largest absolute Gasteiger partial charge is 0.454 e. The standard InChI is InChI=1S/C27H23N5O3S/c1-17-5-4-6-19(11-17)32-26(21-14-28-22-8-3-2-7-20(21)22)30-31-27(32)36-15-25(33)29-13-18-9-10-23-24(12-18)35-16-34-23/h2-12,14,28H,13,15-16H2,1H3,(H,29,33). The number of fused-ring (bicyclic) bond motifs is 2. The molecule has 0 fully saturated rings. The molecule has 0 spiro atoms. The number of benzene rings is 3. The molecule has 0 bridgehead atoms.